The summed E-state index contributed by atoms with van der Waals surface area (Å²) in [7, 11) is 0. The molecule has 2 aromatic carbocycles. The molecule has 0 aromatic heterocycles. The Morgan fingerprint density at radius 2 is 1.73 bits per heavy atom. The molecule has 0 saturated heterocycles. The van der Waals surface area contributed by atoms with Gasteiger partial charge in [-0.15, -0.1) is 0 Å². The molecule has 8 heteroatoms. The van der Waals surface area contributed by atoms with Gasteiger partial charge in [-0.2, -0.15) is 0 Å². The first-order chi connectivity index (χ1) is 14.0. The zero-order valence-electron chi connectivity index (χ0n) is 17.5. The molecule has 2 aromatic rings. The van der Waals surface area contributed by atoms with Crippen LogP contribution in [0.2, 0.25) is 0 Å². The van der Waals surface area contributed by atoms with E-state index in [0.29, 0.717) is 5.56 Å². The van der Waals surface area contributed by atoms with Crippen molar-refractivity contribution in [1.29, 1.82) is 0 Å². The van der Waals surface area contributed by atoms with Gasteiger partial charge in [0.25, 0.3) is 5.69 Å². The van der Waals surface area contributed by atoms with E-state index in [1.807, 2.05) is 20.8 Å². The number of para-hydroxylation sites is 1. The molecular formula is C22H26FN3O4. The zero-order chi connectivity index (χ0) is 22.5. The van der Waals surface area contributed by atoms with Crippen LogP contribution in [0.15, 0.2) is 48.5 Å². The van der Waals surface area contributed by atoms with Crippen LogP contribution < -0.4 is 5.32 Å². The van der Waals surface area contributed by atoms with Crippen molar-refractivity contribution in [1.82, 2.24) is 10.2 Å². The Morgan fingerprint density at radius 1 is 1.13 bits per heavy atom. The molecule has 160 valence electrons. The third kappa shape index (κ3) is 6.37. The Labute approximate surface area is 175 Å². The van der Waals surface area contributed by atoms with Crippen LogP contribution in [0.25, 0.3) is 0 Å². The Kier molecular flexibility index (Phi) is 7.26. The van der Waals surface area contributed by atoms with Gasteiger partial charge in [0.15, 0.2) is 0 Å². The number of carbonyl (C=O) groups excluding carboxylic acids is 2. The van der Waals surface area contributed by atoms with Crippen LogP contribution in [0.1, 0.15) is 38.8 Å². The molecule has 0 saturated carbocycles. The minimum absolute atomic E-state index is 0.0679. The molecule has 0 fully saturated rings. The van der Waals surface area contributed by atoms with Gasteiger partial charge in [-0.25, -0.2) is 4.39 Å². The maximum atomic E-state index is 13.3. The highest BCUT2D eigenvalue weighted by Crippen LogP contribution is 2.20. The highest BCUT2D eigenvalue weighted by Gasteiger charge is 2.29. The number of rotatable bonds is 7. The molecule has 0 aliphatic heterocycles. The van der Waals surface area contributed by atoms with Gasteiger partial charge < -0.3 is 10.2 Å². The largest absolute Gasteiger partial charge is 0.350 e. The van der Waals surface area contributed by atoms with Crippen LogP contribution in [0.3, 0.4) is 0 Å². The molecule has 0 radical (unpaired) electrons. The molecule has 0 bridgehead atoms. The Balaban J connectivity index is 2.32. The highest BCUT2D eigenvalue weighted by atomic mass is 19.1. The lowest BCUT2D eigenvalue weighted by Gasteiger charge is -2.31. The quantitative estimate of drug-likeness (QED) is 0.552. The Bertz CT molecular complexity index is 923. The number of hydrogen-bond donors (Lipinski definition) is 1. The third-order valence-electron chi connectivity index (χ3n) is 4.46. The molecule has 30 heavy (non-hydrogen) atoms. The van der Waals surface area contributed by atoms with Crippen molar-refractivity contribution >= 4 is 17.5 Å². The lowest BCUT2D eigenvalue weighted by Crippen LogP contribution is -2.52. The first-order valence-corrected chi connectivity index (χ1v) is 9.56. The number of nitro benzene ring substituents is 1. The van der Waals surface area contributed by atoms with Gasteiger partial charge in [-0.1, -0.05) is 30.3 Å². The van der Waals surface area contributed by atoms with Gasteiger partial charge in [-0.3, -0.25) is 19.7 Å². The summed E-state index contributed by atoms with van der Waals surface area (Å²) in [4.78, 5) is 37.9. The first-order valence-electron chi connectivity index (χ1n) is 9.56. The fourth-order valence-corrected chi connectivity index (χ4v) is 2.95. The lowest BCUT2D eigenvalue weighted by atomic mass is 10.1. The van der Waals surface area contributed by atoms with Crippen molar-refractivity contribution in [3.05, 3.63) is 75.6 Å². The fourth-order valence-electron chi connectivity index (χ4n) is 2.95. The summed E-state index contributed by atoms with van der Waals surface area (Å²) in [6.07, 6.45) is -0.231. The molecule has 1 atom stereocenters. The predicted octanol–water partition coefficient (Wildman–Crippen LogP) is 3.61. The molecule has 2 amide bonds. The number of hydrogen-bond acceptors (Lipinski definition) is 4. The SMILES string of the molecule is CC(C(=O)NC(C)(C)C)N(Cc1ccc(F)cc1)C(=O)Cc1ccccc1[N+](=O)[O-]. The van der Waals surface area contributed by atoms with Crippen LogP contribution in [-0.4, -0.2) is 33.2 Å². The fraction of sp³-hybridized carbons (Fsp3) is 0.364. The summed E-state index contributed by atoms with van der Waals surface area (Å²) in [6, 6.07) is 10.8. The van der Waals surface area contributed by atoms with E-state index in [1.54, 1.807) is 13.0 Å². The summed E-state index contributed by atoms with van der Waals surface area (Å²) >= 11 is 0. The Hall–Kier alpha value is -3.29. The summed E-state index contributed by atoms with van der Waals surface area (Å²) in [5, 5.41) is 14.1. The minimum atomic E-state index is -0.829. The van der Waals surface area contributed by atoms with Gasteiger partial charge in [0, 0.05) is 23.7 Å². The van der Waals surface area contributed by atoms with E-state index in [0.717, 1.165) is 0 Å². The maximum absolute atomic E-state index is 13.3. The van der Waals surface area contributed by atoms with Gasteiger partial charge in [0.2, 0.25) is 11.8 Å². The first kappa shape index (κ1) is 23.0. The summed E-state index contributed by atoms with van der Waals surface area (Å²) in [6.45, 7) is 7.16. The molecule has 0 aliphatic rings. The van der Waals surface area contributed by atoms with Crippen molar-refractivity contribution in [3.8, 4) is 0 Å². The van der Waals surface area contributed by atoms with E-state index in [1.165, 1.54) is 47.4 Å². The molecule has 0 heterocycles. The van der Waals surface area contributed by atoms with Crippen LogP contribution in [-0.2, 0) is 22.6 Å². The second kappa shape index (κ2) is 9.47. The van der Waals surface area contributed by atoms with E-state index in [-0.39, 0.29) is 30.1 Å². The normalized spacial score (nSPS) is 12.2. The van der Waals surface area contributed by atoms with E-state index in [4.69, 9.17) is 0 Å². The average molecular weight is 415 g/mol. The standard InChI is InChI=1S/C22H26FN3O4/c1-15(21(28)24-22(2,3)4)25(14-16-9-11-18(23)12-10-16)20(27)13-17-7-5-6-8-19(17)26(29)30/h5-12,15H,13-14H2,1-4H3,(H,24,28). The van der Waals surface area contributed by atoms with Gasteiger partial charge >= 0.3 is 0 Å². The van der Waals surface area contributed by atoms with E-state index >= 15 is 0 Å². The Morgan fingerprint density at radius 3 is 2.30 bits per heavy atom. The van der Waals surface area contributed by atoms with Crippen LogP contribution in [0.4, 0.5) is 10.1 Å². The number of benzene rings is 2. The predicted molar refractivity (Wildman–Crippen MR) is 111 cm³/mol. The molecule has 1 N–H and O–H groups in total. The molecule has 1 unspecified atom stereocenters. The molecule has 7 nitrogen and oxygen atoms in total. The van der Waals surface area contributed by atoms with Crippen molar-refractivity contribution in [2.75, 3.05) is 0 Å². The monoisotopic (exact) mass is 415 g/mol. The molecular weight excluding hydrogens is 389 g/mol. The number of nitrogens with one attached hydrogen (secondary N) is 1. The van der Waals surface area contributed by atoms with Crippen molar-refractivity contribution in [2.45, 2.75) is 52.2 Å². The van der Waals surface area contributed by atoms with Crippen LogP contribution in [0, 0.1) is 15.9 Å². The third-order valence-corrected chi connectivity index (χ3v) is 4.46. The minimum Gasteiger partial charge on any atom is -0.350 e. The molecule has 0 aliphatic carbocycles. The summed E-state index contributed by atoms with van der Waals surface area (Å²) < 4.78 is 13.3. The van der Waals surface area contributed by atoms with Gasteiger partial charge in [0.1, 0.15) is 11.9 Å². The van der Waals surface area contributed by atoms with Crippen LogP contribution >= 0.6 is 0 Å². The number of nitrogens with zero attached hydrogens (tertiary/aromatic N) is 2. The number of nitro groups is 1. The number of carbonyl (C=O) groups is 2. The topological polar surface area (TPSA) is 92.6 Å². The average Bonchev–Trinajstić information content (AvgIpc) is 2.65. The molecule has 2 rings (SSSR count). The summed E-state index contributed by atoms with van der Waals surface area (Å²) in [5.41, 5.74) is 0.260. The summed E-state index contributed by atoms with van der Waals surface area (Å²) in [5.74, 6) is -1.19. The van der Waals surface area contributed by atoms with Crippen molar-refractivity contribution in [3.63, 3.8) is 0 Å². The zero-order valence-corrected chi connectivity index (χ0v) is 17.5. The smallest absolute Gasteiger partial charge is 0.273 e. The van der Waals surface area contributed by atoms with Crippen molar-refractivity contribution in [2.24, 2.45) is 0 Å². The van der Waals surface area contributed by atoms with Gasteiger partial charge in [-0.05, 0) is 45.4 Å². The number of amides is 2. The van der Waals surface area contributed by atoms with Crippen molar-refractivity contribution < 1.29 is 18.9 Å². The lowest BCUT2D eigenvalue weighted by molar-refractivity contribution is -0.385. The van der Waals surface area contributed by atoms with Crippen LogP contribution in [0.5, 0.6) is 0 Å². The van der Waals surface area contributed by atoms with Gasteiger partial charge in [0.05, 0.1) is 11.3 Å². The second-order valence-corrected chi connectivity index (χ2v) is 8.13. The van der Waals surface area contributed by atoms with E-state index in [9.17, 15) is 24.1 Å². The number of halogens is 1. The van der Waals surface area contributed by atoms with E-state index < -0.39 is 28.2 Å². The maximum Gasteiger partial charge on any atom is 0.273 e. The highest BCUT2D eigenvalue weighted by molar-refractivity contribution is 5.88. The van der Waals surface area contributed by atoms with E-state index in [2.05, 4.69) is 5.32 Å². The molecule has 0 spiro atoms. The second-order valence-electron chi connectivity index (χ2n) is 8.13.